The Balaban J connectivity index is 1.80. The Morgan fingerprint density at radius 3 is 2.57 bits per heavy atom. The van der Waals surface area contributed by atoms with Gasteiger partial charge < -0.3 is 26.5 Å². The van der Waals surface area contributed by atoms with E-state index in [2.05, 4.69) is 25.9 Å². The number of benzene rings is 1. The van der Waals surface area contributed by atoms with Crippen molar-refractivity contribution in [3.63, 3.8) is 0 Å². The zero-order chi connectivity index (χ0) is 25.8. The van der Waals surface area contributed by atoms with Crippen LogP contribution in [0.15, 0.2) is 22.6 Å². The highest BCUT2D eigenvalue weighted by Gasteiger charge is 2.34. The lowest BCUT2D eigenvalue weighted by Gasteiger charge is -2.30. The van der Waals surface area contributed by atoms with Crippen molar-refractivity contribution in [2.75, 3.05) is 6.54 Å². The van der Waals surface area contributed by atoms with E-state index < -0.39 is 35.0 Å². The second kappa shape index (κ2) is 10.6. The second-order valence-corrected chi connectivity index (χ2v) is 9.08. The minimum Gasteiger partial charge on any atom is -0.415 e. The summed E-state index contributed by atoms with van der Waals surface area (Å²) >= 11 is 0. The minimum absolute atomic E-state index is 0.0182. The van der Waals surface area contributed by atoms with Gasteiger partial charge in [-0.25, -0.2) is 4.39 Å². The van der Waals surface area contributed by atoms with E-state index in [0.717, 1.165) is 6.42 Å². The number of carbonyl (C=O) groups is 3. The highest BCUT2D eigenvalue weighted by atomic mass is 19.1. The number of rotatable bonds is 10. The van der Waals surface area contributed by atoms with Gasteiger partial charge in [-0.2, -0.15) is 5.10 Å². The Labute approximate surface area is 200 Å². The van der Waals surface area contributed by atoms with E-state index in [0.29, 0.717) is 30.4 Å². The molecule has 0 fully saturated rings. The SMILES string of the molecule is CC(C)(C)C(NC(=O)c1nn(CCCCN)c2cc(F)ccc12)C(=O)NCc1nnc(C(N)=O)o1. The van der Waals surface area contributed by atoms with Crippen molar-refractivity contribution in [2.45, 2.75) is 52.7 Å². The normalized spacial score (nSPS) is 12.5. The van der Waals surface area contributed by atoms with Crippen LogP contribution in [-0.2, 0) is 17.9 Å². The minimum atomic E-state index is -0.966. The first kappa shape index (κ1) is 25.7. The maximum absolute atomic E-state index is 13.9. The smallest absolute Gasteiger partial charge is 0.306 e. The zero-order valence-electron chi connectivity index (χ0n) is 19.8. The van der Waals surface area contributed by atoms with Gasteiger partial charge in [0, 0.05) is 11.9 Å². The Morgan fingerprint density at radius 1 is 1.20 bits per heavy atom. The molecule has 35 heavy (non-hydrogen) atoms. The highest BCUT2D eigenvalue weighted by molar-refractivity contribution is 6.06. The summed E-state index contributed by atoms with van der Waals surface area (Å²) in [7, 11) is 0. The molecular weight excluding hydrogens is 459 g/mol. The van der Waals surface area contributed by atoms with Crippen LogP contribution in [0.4, 0.5) is 4.39 Å². The first-order valence-electron chi connectivity index (χ1n) is 11.1. The summed E-state index contributed by atoms with van der Waals surface area (Å²) in [4.78, 5) is 37.3. The molecule has 188 valence electrons. The van der Waals surface area contributed by atoms with Gasteiger partial charge in [0.05, 0.1) is 12.1 Å². The Hall–Kier alpha value is -3.87. The van der Waals surface area contributed by atoms with Gasteiger partial charge in [-0.3, -0.25) is 19.1 Å². The summed E-state index contributed by atoms with van der Waals surface area (Å²) < 4.78 is 20.5. The zero-order valence-corrected chi connectivity index (χ0v) is 19.8. The van der Waals surface area contributed by atoms with E-state index in [4.69, 9.17) is 15.9 Å². The van der Waals surface area contributed by atoms with Crippen LogP contribution >= 0.6 is 0 Å². The standard InChI is InChI=1S/C22H29FN8O4/c1-22(2,3)17(20(34)26-11-15-28-29-21(35-15)18(25)32)27-19(33)16-13-7-6-12(23)10-14(13)31(30-16)9-5-4-8-24/h6-7,10,17H,4-5,8-9,11,24H2,1-3H3,(H2,25,32)(H,26,34)(H,27,33). The maximum Gasteiger partial charge on any atom is 0.306 e. The summed E-state index contributed by atoms with van der Waals surface area (Å²) in [6.07, 6.45) is 1.47. The van der Waals surface area contributed by atoms with E-state index in [-0.39, 0.29) is 24.0 Å². The molecule has 2 aromatic heterocycles. The fraction of sp³-hybridized carbons (Fsp3) is 0.455. The molecule has 1 unspecified atom stereocenters. The predicted molar refractivity (Wildman–Crippen MR) is 123 cm³/mol. The van der Waals surface area contributed by atoms with Gasteiger partial charge in [-0.15, -0.1) is 10.2 Å². The molecule has 1 aromatic carbocycles. The molecule has 0 saturated heterocycles. The van der Waals surface area contributed by atoms with Gasteiger partial charge in [-0.1, -0.05) is 20.8 Å². The van der Waals surface area contributed by atoms with Crippen molar-refractivity contribution < 1.29 is 23.2 Å². The van der Waals surface area contributed by atoms with Crippen LogP contribution in [0, 0.1) is 11.2 Å². The van der Waals surface area contributed by atoms with E-state index in [1.807, 2.05) is 0 Å². The molecule has 0 spiro atoms. The molecule has 12 nitrogen and oxygen atoms in total. The van der Waals surface area contributed by atoms with Gasteiger partial charge in [0.1, 0.15) is 11.9 Å². The number of hydrogen-bond acceptors (Lipinski definition) is 8. The second-order valence-electron chi connectivity index (χ2n) is 9.08. The monoisotopic (exact) mass is 488 g/mol. The Bertz CT molecular complexity index is 1230. The fourth-order valence-corrected chi connectivity index (χ4v) is 3.46. The average molecular weight is 489 g/mol. The molecule has 3 rings (SSSR count). The molecule has 13 heteroatoms. The van der Waals surface area contributed by atoms with Crippen molar-refractivity contribution in [3.8, 4) is 0 Å². The van der Waals surface area contributed by atoms with Gasteiger partial charge in [0.2, 0.25) is 11.8 Å². The number of carbonyl (C=O) groups excluding carboxylic acids is 3. The Morgan fingerprint density at radius 2 is 1.94 bits per heavy atom. The number of hydrogen-bond donors (Lipinski definition) is 4. The van der Waals surface area contributed by atoms with Crippen molar-refractivity contribution >= 4 is 28.6 Å². The van der Waals surface area contributed by atoms with Crippen LogP contribution in [0.5, 0.6) is 0 Å². The molecule has 3 aromatic rings. The number of fused-ring (bicyclic) bond motifs is 1. The topological polar surface area (TPSA) is 184 Å². The van der Waals surface area contributed by atoms with E-state index >= 15 is 0 Å². The number of unbranched alkanes of at least 4 members (excludes halogenated alkanes) is 1. The van der Waals surface area contributed by atoms with E-state index in [1.54, 1.807) is 25.5 Å². The number of aryl methyl sites for hydroxylation is 1. The largest absolute Gasteiger partial charge is 0.415 e. The molecule has 6 N–H and O–H groups in total. The average Bonchev–Trinajstić information content (AvgIpc) is 3.40. The van der Waals surface area contributed by atoms with Crippen LogP contribution in [0.1, 0.15) is 60.7 Å². The predicted octanol–water partition coefficient (Wildman–Crippen LogP) is 0.857. The molecular formula is C22H29FN8O4. The lowest BCUT2D eigenvalue weighted by atomic mass is 9.86. The third kappa shape index (κ3) is 6.18. The van der Waals surface area contributed by atoms with Crippen molar-refractivity contribution in [1.29, 1.82) is 0 Å². The lowest BCUT2D eigenvalue weighted by molar-refractivity contribution is -0.125. The number of aromatic nitrogens is 4. The van der Waals surface area contributed by atoms with Gasteiger partial charge >= 0.3 is 11.8 Å². The number of nitrogens with two attached hydrogens (primary N) is 2. The van der Waals surface area contributed by atoms with Crippen molar-refractivity contribution in [3.05, 3.63) is 41.5 Å². The van der Waals surface area contributed by atoms with Gasteiger partial charge in [0.25, 0.3) is 5.91 Å². The molecule has 0 saturated carbocycles. The molecule has 0 aliphatic heterocycles. The summed E-state index contributed by atoms with van der Waals surface area (Å²) in [5.74, 6) is -2.82. The first-order chi connectivity index (χ1) is 16.5. The van der Waals surface area contributed by atoms with E-state index in [1.165, 1.54) is 18.2 Å². The number of amides is 3. The third-order valence-electron chi connectivity index (χ3n) is 5.25. The maximum atomic E-state index is 13.9. The summed E-state index contributed by atoms with van der Waals surface area (Å²) in [6.45, 7) is 6.16. The van der Waals surface area contributed by atoms with Crippen LogP contribution < -0.4 is 22.1 Å². The number of halogens is 1. The summed E-state index contributed by atoms with van der Waals surface area (Å²) in [5.41, 5.74) is 10.5. The Kier molecular flexibility index (Phi) is 7.79. The van der Waals surface area contributed by atoms with Crippen molar-refractivity contribution in [2.24, 2.45) is 16.9 Å². The highest BCUT2D eigenvalue weighted by Crippen LogP contribution is 2.23. The van der Waals surface area contributed by atoms with Crippen molar-refractivity contribution in [1.82, 2.24) is 30.6 Å². The quantitative estimate of drug-likeness (QED) is 0.303. The van der Waals surface area contributed by atoms with Gasteiger partial charge in [-0.05, 0) is 43.0 Å². The van der Waals surface area contributed by atoms with Crippen LogP contribution in [0.3, 0.4) is 0 Å². The lowest BCUT2D eigenvalue weighted by Crippen LogP contribution is -2.53. The summed E-state index contributed by atoms with van der Waals surface area (Å²) in [6, 6.07) is 3.10. The fourth-order valence-electron chi connectivity index (χ4n) is 3.46. The number of nitrogens with one attached hydrogen (secondary N) is 2. The number of primary amides is 1. The number of nitrogens with zero attached hydrogens (tertiary/aromatic N) is 4. The van der Waals surface area contributed by atoms with Crippen LogP contribution in [0.25, 0.3) is 10.9 Å². The third-order valence-corrected chi connectivity index (χ3v) is 5.25. The molecule has 1 atom stereocenters. The molecule has 0 bridgehead atoms. The molecule has 0 radical (unpaired) electrons. The van der Waals surface area contributed by atoms with Crippen LogP contribution in [-0.4, -0.2) is 50.3 Å². The first-order valence-corrected chi connectivity index (χ1v) is 11.1. The van der Waals surface area contributed by atoms with E-state index in [9.17, 15) is 18.8 Å². The molecule has 0 aliphatic carbocycles. The summed E-state index contributed by atoms with van der Waals surface area (Å²) in [5, 5.41) is 17.3. The van der Waals surface area contributed by atoms with Gasteiger partial charge in [0.15, 0.2) is 5.69 Å². The molecule has 0 aliphatic rings. The van der Waals surface area contributed by atoms with Crippen LogP contribution in [0.2, 0.25) is 0 Å². The molecule has 2 heterocycles. The molecule has 3 amide bonds.